The van der Waals surface area contributed by atoms with E-state index in [1.165, 1.54) is 24.8 Å². The van der Waals surface area contributed by atoms with Crippen LogP contribution in [0.25, 0.3) is 0 Å². The molecule has 1 aromatic carbocycles. The Kier molecular flexibility index (Phi) is 8.47. The Morgan fingerprint density at radius 1 is 1.00 bits per heavy atom. The van der Waals surface area contributed by atoms with Crippen molar-refractivity contribution >= 4 is 15.9 Å². The van der Waals surface area contributed by atoms with E-state index in [0.717, 1.165) is 23.5 Å². The van der Waals surface area contributed by atoms with Crippen molar-refractivity contribution in [2.45, 2.75) is 52.9 Å². The average Bonchev–Trinajstić information content (AvgIpc) is 2.43. The highest BCUT2D eigenvalue weighted by Gasteiger charge is 2.16. The van der Waals surface area contributed by atoms with Crippen LogP contribution in [0.2, 0.25) is 0 Å². The van der Waals surface area contributed by atoms with Crippen molar-refractivity contribution in [2.24, 2.45) is 11.8 Å². The highest BCUT2D eigenvalue weighted by atomic mass is 79.9. The third-order valence-electron chi connectivity index (χ3n) is 4.06. The minimum atomic E-state index is 0.631. The van der Waals surface area contributed by atoms with Gasteiger partial charge >= 0.3 is 0 Å². The van der Waals surface area contributed by atoms with Gasteiger partial charge in [0.25, 0.3) is 0 Å². The molecule has 1 atom stereocenters. The number of hydrogen-bond acceptors (Lipinski definition) is 1. The molecular formula is C18H30BrN. The van der Waals surface area contributed by atoms with Crippen molar-refractivity contribution in [1.29, 1.82) is 0 Å². The van der Waals surface area contributed by atoms with Gasteiger partial charge in [-0.2, -0.15) is 0 Å². The third kappa shape index (κ3) is 6.41. The first-order chi connectivity index (χ1) is 9.56. The van der Waals surface area contributed by atoms with Gasteiger partial charge in [-0.15, -0.1) is 0 Å². The molecule has 114 valence electrons. The largest absolute Gasteiger partial charge is 0.316 e. The molecule has 0 aliphatic carbocycles. The minimum Gasteiger partial charge on any atom is -0.316 e. The Morgan fingerprint density at radius 3 is 2.10 bits per heavy atom. The summed E-state index contributed by atoms with van der Waals surface area (Å²) < 4.78 is 1.16. The van der Waals surface area contributed by atoms with E-state index in [0.29, 0.717) is 11.8 Å². The monoisotopic (exact) mass is 339 g/mol. The average molecular weight is 340 g/mol. The van der Waals surface area contributed by atoms with E-state index < -0.39 is 0 Å². The molecule has 1 N–H and O–H groups in total. The van der Waals surface area contributed by atoms with Gasteiger partial charge in [-0.25, -0.2) is 0 Å². The summed E-state index contributed by atoms with van der Waals surface area (Å²) in [5, 5.41) is 3.64. The third-order valence-corrected chi connectivity index (χ3v) is 4.59. The predicted octanol–water partition coefficient (Wildman–Crippen LogP) is 5.60. The zero-order valence-corrected chi connectivity index (χ0v) is 15.0. The molecule has 0 aliphatic rings. The number of halogens is 1. The van der Waals surface area contributed by atoms with Crippen LogP contribution in [-0.2, 0) is 0 Å². The summed E-state index contributed by atoms with van der Waals surface area (Å²) in [7, 11) is 0. The molecule has 0 aliphatic heterocycles. The van der Waals surface area contributed by atoms with Crippen LogP contribution >= 0.6 is 15.9 Å². The van der Waals surface area contributed by atoms with E-state index in [1.807, 2.05) is 0 Å². The highest BCUT2D eigenvalue weighted by Crippen LogP contribution is 2.27. The smallest absolute Gasteiger partial charge is 0.0175 e. The molecule has 1 rings (SSSR count). The van der Waals surface area contributed by atoms with E-state index in [-0.39, 0.29) is 0 Å². The first-order valence-corrected chi connectivity index (χ1v) is 8.82. The first-order valence-electron chi connectivity index (χ1n) is 8.02. The number of nitrogens with one attached hydrogen (secondary N) is 1. The van der Waals surface area contributed by atoms with Crippen molar-refractivity contribution in [3.05, 3.63) is 34.3 Å². The lowest BCUT2D eigenvalue weighted by Crippen LogP contribution is -2.26. The standard InChI is InChI=1S/C18H30BrN/c1-5-15(6-2)11-17(13-20-12-14(3)4)16-7-9-18(19)10-8-16/h7-10,14-15,17,20H,5-6,11-13H2,1-4H3. The zero-order valence-electron chi connectivity index (χ0n) is 13.5. The molecule has 0 bridgehead atoms. The van der Waals surface area contributed by atoms with Gasteiger partial charge in [0.2, 0.25) is 0 Å². The molecule has 2 heteroatoms. The molecule has 20 heavy (non-hydrogen) atoms. The molecular weight excluding hydrogens is 310 g/mol. The summed E-state index contributed by atoms with van der Waals surface area (Å²) in [5.74, 6) is 2.19. The highest BCUT2D eigenvalue weighted by molar-refractivity contribution is 9.10. The van der Waals surface area contributed by atoms with Gasteiger partial charge in [0.05, 0.1) is 0 Å². The number of benzene rings is 1. The van der Waals surface area contributed by atoms with Crippen molar-refractivity contribution in [3.8, 4) is 0 Å². The Balaban J connectivity index is 2.69. The lowest BCUT2D eigenvalue weighted by Gasteiger charge is -2.23. The van der Waals surface area contributed by atoms with Gasteiger partial charge in [-0.1, -0.05) is 68.6 Å². The van der Waals surface area contributed by atoms with Gasteiger partial charge in [-0.3, -0.25) is 0 Å². The summed E-state index contributed by atoms with van der Waals surface area (Å²) in [6.45, 7) is 11.4. The molecule has 0 fully saturated rings. The summed E-state index contributed by atoms with van der Waals surface area (Å²) in [5.41, 5.74) is 1.47. The maximum atomic E-state index is 3.64. The molecule has 1 nitrogen and oxygen atoms in total. The second-order valence-electron chi connectivity index (χ2n) is 6.22. The Labute approximate surface area is 133 Å². The van der Waals surface area contributed by atoms with Gasteiger partial charge in [0.15, 0.2) is 0 Å². The van der Waals surface area contributed by atoms with E-state index in [1.54, 1.807) is 0 Å². The molecule has 0 heterocycles. The van der Waals surface area contributed by atoms with Crippen LogP contribution in [0, 0.1) is 11.8 Å². The fraction of sp³-hybridized carbons (Fsp3) is 0.667. The molecule has 0 saturated carbocycles. The molecule has 0 saturated heterocycles. The van der Waals surface area contributed by atoms with Crippen molar-refractivity contribution < 1.29 is 0 Å². The zero-order chi connectivity index (χ0) is 15.0. The second kappa shape index (κ2) is 9.57. The second-order valence-corrected chi connectivity index (χ2v) is 7.13. The van der Waals surface area contributed by atoms with Crippen LogP contribution in [-0.4, -0.2) is 13.1 Å². The van der Waals surface area contributed by atoms with Crippen LogP contribution in [0.4, 0.5) is 0 Å². The Hall–Kier alpha value is -0.340. The summed E-state index contributed by atoms with van der Waals surface area (Å²) in [4.78, 5) is 0. The topological polar surface area (TPSA) is 12.0 Å². The van der Waals surface area contributed by atoms with Crippen LogP contribution in [0.15, 0.2) is 28.7 Å². The SMILES string of the molecule is CCC(CC)CC(CNCC(C)C)c1ccc(Br)cc1. The van der Waals surface area contributed by atoms with E-state index in [9.17, 15) is 0 Å². The predicted molar refractivity (Wildman–Crippen MR) is 93.3 cm³/mol. The van der Waals surface area contributed by atoms with E-state index in [4.69, 9.17) is 0 Å². The van der Waals surface area contributed by atoms with Gasteiger partial charge in [0, 0.05) is 11.0 Å². The van der Waals surface area contributed by atoms with E-state index in [2.05, 4.69) is 73.2 Å². The molecule has 0 amide bonds. The summed E-state index contributed by atoms with van der Waals surface area (Å²) in [6, 6.07) is 8.87. The van der Waals surface area contributed by atoms with Crippen LogP contribution in [0.3, 0.4) is 0 Å². The molecule has 0 spiro atoms. The fourth-order valence-corrected chi connectivity index (χ4v) is 2.91. The van der Waals surface area contributed by atoms with E-state index >= 15 is 0 Å². The van der Waals surface area contributed by atoms with Crippen molar-refractivity contribution in [2.75, 3.05) is 13.1 Å². The molecule has 1 aromatic rings. The van der Waals surface area contributed by atoms with Gasteiger partial charge in [0.1, 0.15) is 0 Å². The minimum absolute atomic E-state index is 0.631. The maximum Gasteiger partial charge on any atom is 0.0175 e. The lowest BCUT2D eigenvalue weighted by molar-refractivity contribution is 0.392. The van der Waals surface area contributed by atoms with Crippen LogP contribution < -0.4 is 5.32 Å². The number of rotatable bonds is 9. The first kappa shape index (κ1) is 17.7. The lowest BCUT2D eigenvalue weighted by atomic mass is 9.86. The molecule has 1 unspecified atom stereocenters. The van der Waals surface area contributed by atoms with Gasteiger partial charge < -0.3 is 5.32 Å². The molecule has 0 radical (unpaired) electrons. The fourth-order valence-electron chi connectivity index (χ4n) is 2.64. The van der Waals surface area contributed by atoms with Gasteiger partial charge in [-0.05, 0) is 48.4 Å². The van der Waals surface area contributed by atoms with Crippen LogP contribution in [0.5, 0.6) is 0 Å². The van der Waals surface area contributed by atoms with Crippen LogP contribution in [0.1, 0.15) is 58.4 Å². The maximum absolute atomic E-state index is 3.64. The number of hydrogen-bond donors (Lipinski definition) is 1. The van der Waals surface area contributed by atoms with Crippen molar-refractivity contribution in [3.63, 3.8) is 0 Å². The van der Waals surface area contributed by atoms with Crippen molar-refractivity contribution in [1.82, 2.24) is 5.32 Å². The normalized spacial score (nSPS) is 13.2. The summed E-state index contributed by atoms with van der Waals surface area (Å²) >= 11 is 3.53. The quantitative estimate of drug-likeness (QED) is 0.616. The Morgan fingerprint density at radius 2 is 1.60 bits per heavy atom. The Bertz CT molecular complexity index is 354. The molecule has 0 aromatic heterocycles. The summed E-state index contributed by atoms with van der Waals surface area (Å²) in [6.07, 6.45) is 3.86.